The first kappa shape index (κ1) is 17.4. The van der Waals surface area contributed by atoms with E-state index in [1.807, 2.05) is 0 Å². The fourth-order valence-electron chi connectivity index (χ4n) is 3.19. The number of carbonyl (C=O) groups is 1. The predicted octanol–water partition coefficient (Wildman–Crippen LogP) is 3.33. The molecule has 25 heavy (non-hydrogen) atoms. The maximum absolute atomic E-state index is 12.7. The number of aryl methyl sites for hydroxylation is 1. The first-order valence-corrected chi connectivity index (χ1v) is 8.16. The number of nitrogens with zero attached hydrogens (tertiary/aromatic N) is 3. The Morgan fingerprint density at radius 1 is 1.28 bits per heavy atom. The van der Waals surface area contributed by atoms with E-state index in [0.717, 1.165) is 0 Å². The van der Waals surface area contributed by atoms with Crippen LogP contribution < -0.4 is 5.32 Å². The molecular weight excluding hydrogens is 333 g/mol. The van der Waals surface area contributed by atoms with Gasteiger partial charge in [-0.15, -0.1) is 0 Å². The molecule has 1 aliphatic rings. The molecule has 1 aliphatic carbocycles. The smallest absolute Gasteiger partial charge is 0.349 e. The summed E-state index contributed by atoms with van der Waals surface area (Å²) in [6, 6.07) is 3.08. The summed E-state index contributed by atoms with van der Waals surface area (Å²) in [6.07, 6.45) is 1.59. The minimum Gasteiger partial charge on any atom is -0.349 e. The first-order valence-electron chi connectivity index (χ1n) is 8.16. The van der Waals surface area contributed by atoms with Crippen molar-refractivity contribution < 1.29 is 18.0 Å². The van der Waals surface area contributed by atoms with E-state index in [1.165, 1.54) is 0 Å². The van der Waals surface area contributed by atoms with Gasteiger partial charge < -0.3 is 5.32 Å². The van der Waals surface area contributed by atoms with E-state index in [2.05, 4.69) is 15.4 Å². The van der Waals surface area contributed by atoms with Crippen LogP contribution in [-0.2, 0) is 7.05 Å². The van der Waals surface area contributed by atoms with Crippen molar-refractivity contribution in [2.45, 2.75) is 37.9 Å². The van der Waals surface area contributed by atoms with E-state index in [-0.39, 0.29) is 24.8 Å². The van der Waals surface area contributed by atoms with Gasteiger partial charge in [-0.2, -0.15) is 18.3 Å². The van der Waals surface area contributed by atoms with Crippen molar-refractivity contribution in [3.05, 3.63) is 36.3 Å². The average Bonchev–Trinajstić information content (AvgIpc) is 3.01. The summed E-state index contributed by atoms with van der Waals surface area (Å²) in [5.41, 5.74) is 1.62. The lowest BCUT2D eigenvalue weighted by Gasteiger charge is -2.30. The number of aromatic nitrogens is 3. The van der Waals surface area contributed by atoms with Gasteiger partial charge in [-0.3, -0.25) is 14.5 Å². The van der Waals surface area contributed by atoms with Crippen molar-refractivity contribution in [2.24, 2.45) is 13.0 Å². The molecule has 0 aromatic carbocycles. The molecule has 1 amide bonds. The standard InChI is InChI=1S/C17H19F3N4O/c1-24-10-11(9-22-24)15-14(3-2-8-21-15)16(25)23-13-6-4-12(5-7-13)17(18,19)20/h2-3,8-10,12-13H,4-7H2,1H3,(H,23,25). The summed E-state index contributed by atoms with van der Waals surface area (Å²) in [6.45, 7) is 0. The number of pyridine rings is 1. The second kappa shape index (κ2) is 6.85. The number of nitrogens with one attached hydrogen (secondary N) is 1. The summed E-state index contributed by atoms with van der Waals surface area (Å²) in [5, 5.41) is 6.93. The van der Waals surface area contributed by atoms with Gasteiger partial charge in [-0.05, 0) is 37.8 Å². The molecule has 2 aromatic heterocycles. The van der Waals surface area contributed by atoms with Crippen LogP contribution in [0.3, 0.4) is 0 Å². The lowest BCUT2D eigenvalue weighted by Crippen LogP contribution is -2.40. The fraction of sp³-hybridized carbons (Fsp3) is 0.471. The number of amides is 1. The van der Waals surface area contributed by atoms with E-state index in [9.17, 15) is 18.0 Å². The lowest BCUT2D eigenvalue weighted by atomic mass is 9.85. The molecule has 3 rings (SSSR count). The third-order valence-electron chi connectivity index (χ3n) is 4.56. The Hall–Kier alpha value is -2.38. The van der Waals surface area contributed by atoms with Gasteiger partial charge in [0, 0.05) is 31.0 Å². The zero-order chi connectivity index (χ0) is 18.0. The van der Waals surface area contributed by atoms with Crippen LogP contribution in [0.1, 0.15) is 36.0 Å². The summed E-state index contributed by atoms with van der Waals surface area (Å²) in [5.74, 6) is -1.58. The molecule has 134 valence electrons. The molecule has 0 aliphatic heterocycles. The van der Waals surface area contributed by atoms with Gasteiger partial charge in [0.25, 0.3) is 5.91 Å². The van der Waals surface area contributed by atoms with Crippen molar-refractivity contribution in [3.63, 3.8) is 0 Å². The highest BCUT2D eigenvalue weighted by atomic mass is 19.4. The quantitative estimate of drug-likeness (QED) is 0.922. The van der Waals surface area contributed by atoms with E-state index >= 15 is 0 Å². The molecule has 0 spiro atoms. The number of alkyl halides is 3. The Balaban J connectivity index is 1.69. The predicted molar refractivity (Wildman–Crippen MR) is 85.7 cm³/mol. The molecule has 2 heterocycles. The average molecular weight is 352 g/mol. The van der Waals surface area contributed by atoms with Gasteiger partial charge in [0.2, 0.25) is 0 Å². The summed E-state index contributed by atoms with van der Waals surface area (Å²) >= 11 is 0. The Labute approximate surface area is 143 Å². The van der Waals surface area contributed by atoms with Gasteiger partial charge in [-0.25, -0.2) is 0 Å². The van der Waals surface area contributed by atoms with E-state index < -0.39 is 12.1 Å². The molecule has 1 N–H and O–H groups in total. The van der Waals surface area contributed by atoms with Gasteiger partial charge in [0.05, 0.1) is 23.4 Å². The number of halogens is 3. The zero-order valence-corrected chi connectivity index (χ0v) is 13.8. The first-order chi connectivity index (χ1) is 11.8. The van der Waals surface area contributed by atoms with E-state index in [1.54, 1.807) is 42.5 Å². The Kier molecular flexibility index (Phi) is 4.78. The Morgan fingerprint density at radius 2 is 2.00 bits per heavy atom. The second-order valence-corrected chi connectivity index (χ2v) is 6.37. The molecule has 2 aromatic rings. The monoisotopic (exact) mass is 352 g/mol. The highest BCUT2D eigenvalue weighted by Crippen LogP contribution is 2.37. The third kappa shape index (κ3) is 4.00. The molecule has 0 saturated heterocycles. The van der Waals surface area contributed by atoms with Crippen molar-refractivity contribution in [1.82, 2.24) is 20.1 Å². The number of hydrogen-bond acceptors (Lipinski definition) is 3. The van der Waals surface area contributed by atoms with Gasteiger partial charge in [0.1, 0.15) is 0 Å². The summed E-state index contributed by atoms with van der Waals surface area (Å²) < 4.78 is 39.8. The summed E-state index contributed by atoms with van der Waals surface area (Å²) in [7, 11) is 1.77. The van der Waals surface area contributed by atoms with Crippen LogP contribution in [0.25, 0.3) is 11.3 Å². The van der Waals surface area contributed by atoms with Crippen molar-refractivity contribution >= 4 is 5.91 Å². The number of hydrogen-bond donors (Lipinski definition) is 1. The minimum atomic E-state index is -4.15. The van der Waals surface area contributed by atoms with Crippen molar-refractivity contribution in [2.75, 3.05) is 0 Å². The summed E-state index contributed by atoms with van der Waals surface area (Å²) in [4.78, 5) is 16.8. The maximum Gasteiger partial charge on any atom is 0.391 e. The lowest BCUT2D eigenvalue weighted by molar-refractivity contribution is -0.182. The molecule has 1 fully saturated rings. The maximum atomic E-state index is 12.7. The normalized spacial score (nSPS) is 21.1. The zero-order valence-electron chi connectivity index (χ0n) is 13.8. The van der Waals surface area contributed by atoms with Crippen LogP contribution in [0.5, 0.6) is 0 Å². The SMILES string of the molecule is Cn1cc(-c2ncccc2C(=O)NC2CCC(C(F)(F)F)CC2)cn1. The van der Waals surface area contributed by atoms with Crippen LogP contribution in [0, 0.1) is 5.92 Å². The Morgan fingerprint density at radius 3 is 2.60 bits per heavy atom. The van der Waals surface area contributed by atoms with E-state index in [0.29, 0.717) is 29.7 Å². The highest BCUT2D eigenvalue weighted by molar-refractivity contribution is 5.99. The molecule has 0 radical (unpaired) electrons. The van der Waals surface area contributed by atoms with Crippen molar-refractivity contribution in [3.8, 4) is 11.3 Å². The van der Waals surface area contributed by atoms with Crippen LogP contribution >= 0.6 is 0 Å². The number of carbonyl (C=O) groups excluding carboxylic acids is 1. The molecular formula is C17H19F3N4O. The number of rotatable bonds is 3. The van der Waals surface area contributed by atoms with Gasteiger partial charge in [0.15, 0.2) is 0 Å². The topological polar surface area (TPSA) is 59.8 Å². The fourth-order valence-corrected chi connectivity index (χ4v) is 3.19. The molecule has 0 atom stereocenters. The van der Waals surface area contributed by atoms with Gasteiger partial charge in [-0.1, -0.05) is 0 Å². The molecule has 8 heteroatoms. The molecule has 0 bridgehead atoms. The van der Waals surface area contributed by atoms with Gasteiger partial charge >= 0.3 is 6.18 Å². The molecule has 5 nitrogen and oxygen atoms in total. The third-order valence-corrected chi connectivity index (χ3v) is 4.56. The van der Waals surface area contributed by atoms with Crippen molar-refractivity contribution in [1.29, 1.82) is 0 Å². The second-order valence-electron chi connectivity index (χ2n) is 6.37. The van der Waals surface area contributed by atoms with E-state index in [4.69, 9.17) is 0 Å². The molecule has 1 saturated carbocycles. The van der Waals surface area contributed by atoms with Crippen LogP contribution in [-0.4, -0.2) is 32.9 Å². The highest BCUT2D eigenvalue weighted by Gasteiger charge is 2.41. The van der Waals surface area contributed by atoms with Crippen LogP contribution in [0.15, 0.2) is 30.7 Å². The van der Waals surface area contributed by atoms with Crippen LogP contribution in [0.2, 0.25) is 0 Å². The molecule has 0 unspecified atom stereocenters. The largest absolute Gasteiger partial charge is 0.391 e. The minimum absolute atomic E-state index is 0.0525. The Bertz CT molecular complexity index is 748. The van der Waals surface area contributed by atoms with Crippen LogP contribution in [0.4, 0.5) is 13.2 Å².